The summed E-state index contributed by atoms with van der Waals surface area (Å²) in [7, 11) is 1.61. The zero-order valence-corrected chi connectivity index (χ0v) is 21.5. The number of ether oxygens (including phenoxy) is 1. The van der Waals surface area contributed by atoms with E-state index in [0.717, 1.165) is 32.7 Å². The molecule has 1 aromatic heterocycles. The van der Waals surface area contributed by atoms with Gasteiger partial charge in [-0.25, -0.2) is 4.99 Å². The Kier molecular flexibility index (Phi) is 5.61. The highest BCUT2D eigenvalue weighted by atomic mass is 32.1. The summed E-state index contributed by atoms with van der Waals surface area (Å²) in [5, 5.41) is 4.40. The molecule has 0 saturated carbocycles. The van der Waals surface area contributed by atoms with Gasteiger partial charge in [0.15, 0.2) is 10.6 Å². The van der Waals surface area contributed by atoms with Crippen LogP contribution in [0.15, 0.2) is 99.9 Å². The molecule has 6 heteroatoms. The lowest BCUT2D eigenvalue weighted by Gasteiger charge is -2.24. The number of allylic oxidation sites excluding steroid dienone is 2. The fourth-order valence-corrected chi connectivity index (χ4v) is 6.24. The lowest BCUT2D eigenvalue weighted by Crippen LogP contribution is -2.39. The van der Waals surface area contributed by atoms with Crippen molar-refractivity contribution in [3.05, 3.63) is 121 Å². The second kappa shape index (κ2) is 8.98. The van der Waals surface area contributed by atoms with Crippen LogP contribution in [-0.4, -0.2) is 17.5 Å². The summed E-state index contributed by atoms with van der Waals surface area (Å²) in [6.07, 6.45) is 1.98. The van der Waals surface area contributed by atoms with Gasteiger partial charge in [-0.05, 0) is 70.8 Å². The van der Waals surface area contributed by atoms with Gasteiger partial charge in [-0.15, -0.1) is 0 Å². The van der Waals surface area contributed by atoms with Crippen LogP contribution in [0.1, 0.15) is 31.0 Å². The van der Waals surface area contributed by atoms with Gasteiger partial charge in [0.1, 0.15) is 5.75 Å². The second-order valence-corrected chi connectivity index (χ2v) is 10.2. The highest BCUT2D eigenvalue weighted by Crippen LogP contribution is 2.32. The number of Topliss-reactive ketones (excluding diaryl/α,β-unsaturated/α-hetero) is 1. The predicted molar refractivity (Wildman–Crippen MR) is 149 cm³/mol. The number of carbonyl (C=O) groups excluding carboxylic acids is 1. The van der Waals surface area contributed by atoms with Gasteiger partial charge in [-0.1, -0.05) is 72.0 Å². The smallest absolute Gasteiger partial charge is 0.271 e. The molecule has 0 unspecified atom stereocenters. The number of nitrogens with zero attached hydrogens (tertiary/aromatic N) is 2. The number of fused-ring (bicyclic) bond motifs is 3. The molecule has 5 nitrogen and oxygen atoms in total. The van der Waals surface area contributed by atoms with Crippen molar-refractivity contribution in [1.29, 1.82) is 0 Å². The zero-order chi connectivity index (χ0) is 25.7. The van der Waals surface area contributed by atoms with Crippen molar-refractivity contribution in [2.45, 2.75) is 19.9 Å². The van der Waals surface area contributed by atoms with Crippen LogP contribution in [0.3, 0.4) is 0 Å². The van der Waals surface area contributed by atoms with E-state index in [4.69, 9.17) is 9.73 Å². The molecule has 182 valence electrons. The Hall–Kier alpha value is -4.29. The Morgan fingerprint density at radius 3 is 2.19 bits per heavy atom. The van der Waals surface area contributed by atoms with Crippen LogP contribution in [0.5, 0.6) is 5.75 Å². The first-order chi connectivity index (χ1) is 18.0. The van der Waals surface area contributed by atoms with E-state index in [9.17, 15) is 9.59 Å². The van der Waals surface area contributed by atoms with Gasteiger partial charge < -0.3 is 4.74 Å². The average molecular weight is 505 g/mol. The molecule has 0 bridgehead atoms. The molecule has 0 radical (unpaired) electrons. The molecule has 1 aliphatic heterocycles. The van der Waals surface area contributed by atoms with Crippen molar-refractivity contribution in [3.63, 3.8) is 0 Å². The summed E-state index contributed by atoms with van der Waals surface area (Å²) < 4.78 is 7.56. The molecular weight excluding hydrogens is 480 g/mol. The fraction of sp³-hybridized carbons (Fsp3) is 0.129. The van der Waals surface area contributed by atoms with Crippen molar-refractivity contribution in [2.24, 2.45) is 4.99 Å². The lowest BCUT2D eigenvalue weighted by atomic mass is 9.93. The third kappa shape index (κ3) is 3.81. The molecule has 6 rings (SSSR count). The normalized spacial score (nSPS) is 15.6. The Balaban J connectivity index is 1.64. The number of carbonyl (C=O) groups is 1. The van der Waals surface area contributed by atoms with Gasteiger partial charge in [-0.3, -0.25) is 14.2 Å². The van der Waals surface area contributed by atoms with Crippen LogP contribution in [0.25, 0.3) is 27.6 Å². The van der Waals surface area contributed by atoms with E-state index >= 15 is 0 Å². The van der Waals surface area contributed by atoms with E-state index in [0.29, 0.717) is 26.4 Å². The Bertz CT molecular complexity index is 1870. The maximum absolute atomic E-state index is 14.0. The maximum Gasteiger partial charge on any atom is 0.271 e. The number of hydrogen-bond donors (Lipinski definition) is 0. The largest absolute Gasteiger partial charge is 0.497 e. The molecule has 0 saturated heterocycles. The number of rotatable bonds is 4. The highest BCUT2D eigenvalue weighted by Gasteiger charge is 2.30. The Morgan fingerprint density at radius 1 is 0.973 bits per heavy atom. The summed E-state index contributed by atoms with van der Waals surface area (Å²) in [5.74, 6) is 0.612. The SMILES string of the molecule is COc1ccc([C@H]2C(C(C)=O)=C(C)N=c3s/c(=C\c4c5ccccc5cc5ccccc45)c(=O)n32)cc1. The first kappa shape index (κ1) is 23.1. The molecule has 1 atom stereocenters. The molecule has 0 aliphatic carbocycles. The van der Waals surface area contributed by atoms with E-state index in [1.54, 1.807) is 11.7 Å². The Labute approximate surface area is 217 Å². The number of aromatic nitrogens is 1. The Morgan fingerprint density at radius 2 is 1.59 bits per heavy atom. The minimum atomic E-state index is -0.550. The lowest BCUT2D eigenvalue weighted by molar-refractivity contribution is -0.114. The number of hydrogen-bond acceptors (Lipinski definition) is 5. The van der Waals surface area contributed by atoms with Gasteiger partial charge >= 0.3 is 0 Å². The maximum atomic E-state index is 14.0. The van der Waals surface area contributed by atoms with Crippen molar-refractivity contribution in [1.82, 2.24) is 4.57 Å². The quantitative estimate of drug-likeness (QED) is 0.319. The number of methoxy groups -OCH3 is 1. The third-order valence-corrected chi connectivity index (χ3v) is 7.90. The summed E-state index contributed by atoms with van der Waals surface area (Å²) in [6, 6.07) is 25.6. The summed E-state index contributed by atoms with van der Waals surface area (Å²) in [5.41, 5.74) is 2.84. The molecule has 4 aromatic carbocycles. The summed E-state index contributed by atoms with van der Waals surface area (Å²) in [6.45, 7) is 3.37. The molecule has 1 aliphatic rings. The van der Waals surface area contributed by atoms with E-state index in [2.05, 4.69) is 30.3 Å². The summed E-state index contributed by atoms with van der Waals surface area (Å²) >= 11 is 1.36. The van der Waals surface area contributed by atoms with Gasteiger partial charge in [0.2, 0.25) is 0 Å². The highest BCUT2D eigenvalue weighted by molar-refractivity contribution is 7.07. The van der Waals surface area contributed by atoms with Gasteiger partial charge in [0, 0.05) is 11.3 Å². The van der Waals surface area contributed by atoms with Crippen LogP contribution in [0.4, 0.5) is 0 Å². The van der Waals surface area contributed by atoms with Crippen LogP contribution >= 0.6 is 11.3 Å². The van der Waals surface area contributed by atoms with E-state index < -0.39 is 6.04 Å². The molecule has 0 fully saturated rings. The zero-order valence-electron chi connectivity index (χ0n) is 20.7. The molecule has 2 heterocycles. The molecule has 0 amide bonds. The fourth-order valence-electron chi connectivity index (χ4n) is 5.21. The van der Waals surface area contributed by atoms with E-state index in [1.807, 2.05) is 61.5 Å². The van der Waals surface area contributed by atoms with E-state index in [-0.39, 0.29) is 11.3 Å². The van der Waals surface area contributed by atoms with Gasteiger partial charge in [0.25, 0.3) is 5.56 Å². The minimum absolute atomic E-state index is 0.101. The number of benzene rings is 4. The monoisotopic (exact) mass is 504 g/mol. The molecule has 0 spiro atoms. The molecular formula is C31H24N2O3S. The molecule has 5 aromatic rings. The standard InChI is InChI=1S/C31H24N2O3S/c1-18-28(19(2)34)29(20-12-14-23(36-3)15-13-20)33-30(35)27(37-31(33)32-18)17-26-24-10-6-4-8-21(24)16-22-9-5-7-11-25(22)26/h4-17,29H,1-3H3/b27-17-/t29-/m0/s1. The second-order valence-electron chi connectivity index (χ2n) is 9.14. The average Bonchev–Trinajstić information content (AvgIpc) is 3.21. The van der Waals surface area contributed by atoms with Crippen molar-refractivity contribution >= 4 is 44.7 Å². The van der Waals surface area contributed by atoms with Gasteiger partial charge in [0.05, 0.1) is 17.7 Å². The summed E-state index contributed by atoms with van der Waals surface area (Å²) in [4.78, 5) is 32.0. The third-order valence-electron chi connectivity index (χ3n) is 6.92. The number of ketones is 1. The first-order valence-electron chi connectivity index (χ1n) is 12.0. The van der Waals surface area contributed by atoms with Gasteiger partial charge in [-0.2, -0.15) is 0 Å². The van der Waals surface area contributed by atoms with Crippen LogP contribution in [0.2, 0.25) is 0 Å². The first-order valence-corrected chi connectivity index (χ1v) is 12.9. The topological polar surface area (TPSA) is 60.7 Å². The van der Waals surface area contributed by atoms with Crippen molar-refractivity contribution in [2.75, 3.05) is 7.11 Å². The minimum Gasteiger partial charge on any atom is -0.497 e. The van der Waals surface area contributed by atoms with Crippen molar-refractivity contribution < 1.29 is 9.53 Å². The van der Waals surface area contributed by atoms with Crippen molar-refractivity contribution in [3.8, 4) is 5.75 Å². The predicted octanol–water partition coefficient (Wildman–Crippen LogP) is 5.14. The number of thiazole rings is 1. The van der Waals surface area contributed by atoms with Crippen LogP contribution in [0, 0.1) is 0 Å². The molecule has 0 N–H and O–H groups in total. The van der Waals surface area contributed by atoms with Crippen LogP contribution < -0.4 is 19.6 Å². The molecule has 37 heavy (non-hydrogen) atoms. The van der Waals surface area contributed by atoms with E-state index in [1.165, 1.54) is 18.3 Å². The van der Waals surface area contributed by atoms with Crippen LogP contribution in [-0.2, 0) is 4.79 Å².